The molecule has 0 rings (SSSR count). The lowest BCUT2D eigenvalue weighted by Crippen LogP contribution is -0.290. The van der Waals surface area contributed by atoms with Crippen LogP contribution in [0.3, 0.4) is 0 Å². The fourth-order valence-corrected chi connectivity index (χ4v) is 0. The van der Waals surface area contributed by atoms with Crippen LogP contribution in [0.2, 0.25) is 0 Å². The van der Waals surface area contributed by atoms with Gasteiger partial charge in [-0.25, -0.2) is 0 Å². The molecule has 0 amide bonds. The largest absolute Gasteiger partial charge is 0.412 e. The molecule has 8 N–H and O–H groups in total. The lowest BCUT2D eigenvalue weighted by molar-refractivity contribution is 0.823. The van der Waals surface area contributed by atoms with Crippen molar-refractivity contribution in [3.63, 3.8) is 0 Å². The molecule has 0 atom stereocenters. The van der Waals surface area contributed by atoms with Gasteiger partial charge in [-0.3, -0.25) is 0 Å². The maximum Gasteiger partial charge on any atom is -0.114 e. The Balaban J connectivity index is 0. The van der Waals surface area contributed by atoms with Crippen molar-refractivity contribution in [1.29, 1.82) is 0 Å². The van der Waals surface area contributed by atoms with Gasteiger partial charge in [-0.05, 0) is 0 Å². The molecule has 0 aromatic heterocycles. The molecule has 0 bridgehead atoms. The van der Waals surface area contributed by atoms with Gasteiger partial charge in [0.1, 0.15) is 0 Å². The molecule has 0 aromatic rings. The first-order chi connectivity index (χ1) is 0. The average Bonchev–Trinajstić information content (AvgIpc) is 0. The van der Waals surface area contributed by atoms with Crippen molar-refractivity contribution in [3.8, 4) is 0 Å². The second kappa shape index (κ2) is 465. The summed E-state index contributed by atoms with van der Waals surface area (Å²) in [6.07, 6.45) is 0. The van der Waals surface area contributed by atoms with Gasteiger partial charge in [0.2, 0.25) is 0 Å². The highest BCUT2D eigenvalue weighted by Crippen LogP contribution is 0.846. The minimum atomic E-state index is 0. The van der Waals surface area contributed by atoms with Crippen LogP contribution in [0, 0.1) is 0 Å². The first-order valence-corrected chi connectivity index (χ1v) is 0. The van der Waals surface area contributed by atoms with Gasteiger partial charge in [-0.2, -0.15) is 0 Å². The fraction of sp³-hybridized carbons (Fsp3) is 0. The van der Waals surface area contributed by atoms with E-state index in [0.29, 0.717) is 0 Å². The summed E-state index contributed by atoms with van der Waals surface area (Å²) in [6.45, 7) is 0. The van der Waals surface area contributed by atoms with Crippen molar-refractivity contribution < 1.29 is 21.9 Å². The first-order valence-electron chi connectivity index (χ1n) is 0. The number of rotatable bonds is 0. The van der Waals surface area contributed by atoms with Crippen LogP contribution in [0.4, 0.5) is 0 Å². The summed E-state index contributed by atoms with van der Waals surface area (Å²) in [4.78, 5) is 0. The van der Waals surface area contributed by atoms with Crippen molar-refractivity contribution in [2.45, 2.75) is 0 Å². The Morgan fingerprint density at radius 1 is 0.400 bits per heavy atom. The van der Waals surface area contributed by atoms with Crippen LogP contribution in [-0.4, -0.2) is 21.9 Å². The molecule has 0 spiro atoms. The molecule has 4 nitrogen and oxygen atoms in total. The van der Waals surface area contributed by atoms with E-state index in [0.717, 1.165) is 0 Å². The van der Waals surface area contributed by atoms with E-state index < -0.39 is 0 Å². The second-order valence-electron chi connectivity index (χ2n) is 0. The molecule has 5 heteroatoms. The molecule has 0 aliphatic carbocycles. The SMILES string of the molecule is Br.O.O.O.O. The van der Waals surface area contributed by atoms with Crippen LogP contribution in [0.15, 0.2) is 0 Å². The lowest BCUT2D eigenvalue weighted by Gasteiger charge is -0.413. The Hall–Kier alpha value is 0.320. The van der Waals surface area contributed by atoms with E-state index in [2.05, 4.69) is 0 Å². The molecule has 0 fully saturated rings. The molecule has 0 aliphatic heterocycles. The third kappa shape index (κ3) is 227. The molecule has 0 heterocycles. The van der Waals surface area contributed by atoms with Crippen LogP contribution in [-0.2, 0) is 0 Å². The van der Waals surface area contributed by atoms with Gasteiger partial charge >= 0.3 is 0 Å². The Morgan fingerprint density at radius 3 is 0.400 bits per heavy atom. The van der Waals surface area contributed by atoms with E-state index in [1.807, 2.05) is 0 Å². The van der Waals surface area contributed by atoms with Crippen LogP contribution in [0.25, 0.3) is 0 Å². The average molecular weight is 153 g/mol. The third-order valence-corrected chi connectivity index (χ3v) is 0. The first kappa shape index (κ1) is 970. The van der Waals surface area contributed by atoms with Gasteiger partial charge in [0.15, 0.2) is 0 Å². The smallest absolute Gasteiger partial charge is 0.114 e. The molecule has 0 radical (unpaired) electrons. The van der Waals surface area contributed by atoms with Crippen molar-refractivity contribution in [2.75, 3.05) is 0 Å². The highest BCUT2D eigenvalue weighted by atomic mass is 79.9. The number of halogens is 1. The molecule has 0 saturated carbocycles. The lowest BCUT2D eigenvalue weighted by atomic mass is 16.0. The predicted octanol–water partition coefficient (Wildman–Crippen LogP) is -2.72. The van der Waals surface area contributed by atoms with E-state index in [9.17, 15) is 0 Å². The number of hydrogen-bond acceptors (Lipinski definition) is 0. The van der Waals surface area contributed by atoms with E-state index in [-0.39, 0.29) is 38.9 Å². The van der Waals surface area contributed by atoms with Crippen molar-refractivity contribution in [2.24, 2.45) is 0 Å². The Labute approximate surface area is 39.8 Å². The Kier molecular flexibility index (Phi) is 90200. The number of hydrogen-bond donors (Lipinski definition) is 0. The van der Waals surface area contributed by atoms with E-state index in [1.165, 1.54) is 0 Å². The molecule has 0 aromatic carbocycles. The molecule has 5 heavy (non-hydrogen) atoms. The minimum Gasteiger partial charge on any atom is -0.412 e. The summed E-state index contributed by atoms with van der Waals surface area (Å²) < 4.78 is 0. The molecular formula is H9BrO4. The molecule has 0 unspecified atom stereocenters. The molecule has 40 valence electrons. The normalized spacial score (nSPS) is 0. The monoisotopic (exact) mass is 152 g/mol. The summed E-state index contributed by atoms with van der Waals surface area (Å²) in [5.74, 6) is 0. The summed E-state index contributed by atoms with van der Waals surface area (Å²) in [6, 6.07) is 0. The highest BCUT2D eigenvalue weighted by molar-refractivity contribution is 8.93. The predicted molar refractivity (Wildman–Crippen MR) is 24.8 cm³/mol. The zero-order chi connectivity index (χ0) is 0. The second-order valence-corrected chi connectivity index (χ2v) is 0. The topological polar surface area (TPSA) is 126 Å². The highest BCUT2D eigenvalue weighted by Gasteiger charge is -0.114. The van der Waals surface area contributed by atoms with Crippen molar-refractivity contribution >= 4 is 17.0 Å². The zero-order valence-electron chi connectivity index (χ0n) is 2.41. The van der Waals surface area contributed by atoms with E-state index in [1.54, 1.807) is 0 Å². The Bertz CT molecular complexity index is 3.61. The van der Waals surface area contributed by atoms with Crippen LogP contribution >= 0.6 is 17.0 Å². The van der Waals surface area contributed by atoms with E-state index >= 15 is 0 Å². The van der Waals surface area contributed by atoms with Crippen LogP contribution in [0.1, 0.15) is 0 Å². The van der Waals surface area contributed by atoms with Crippen LogP contribution < -0.4 is 0 Å². The third-order valence-electron chi connectivity index (χ3n) is 0. The summed E-state index contributed by atoms with van der Waals surface area (Å²) in [5, 5.41) is 0. The van der Waals surface area contributed by atoms with Gasteiger partial charge in [-0.15, -0.1) is 17.0 Å². The zero-order valence-corrected chi connectivity index (χ0v) is 4.12. The summed E-state index contributed by atoms with van der Waals surface area (Å²) >= 11 is 0. The molecular weight excluding hydrogens is 144 g/mol. The quantitative estimate of drug-likeness (QED) is 0.358. The van der Waals surface area contributed by atoms with Gasteiger partial charge in [0.25, 0.3) is 0 Å². The standard InChI is InChI=1S/BrH.4H2O/h1H;4*1H2. The summed E-state index contributed by atoms with van der Waals surface area (Å²) in [7, 11) is 0. The minimum absolute atomic E-state index is 0. The van der Waals surface area contributed by atoms with Gasteiger partial charge in [-0.1, -0.05) is 0 Å². The van der Waals surface area contributed by atoms with E-state index in [4.69, 9.17) is 0 Å². The van der Waals surface area contributed by atoms with Gasteiger partial charge in [0.05, 0.1) is 0 Å². The maximum atomic E-state index is 0. The fourth-order valence-electron chi connectivity index (χ4n) is 0. The van der Waals surface area contributed by atoms with Crippen LogP contribution in [0.5, 0.6) is 0 Å². The van der Waals surface area contributed by atoms with Gasteiger partial charge in [0, 0.05) is 0 Å². The molecule has 0 saturated heterocycles. The Morgan fingerprint density at radius 2 is 0.400 bits per heavy atom. The van der Waals surface area contributed by atoms with Gasteiger partial charge < -0.3 is 21.9 Å². The maximum absolute atomic E-state index is 0. The summed E-state index contributed by atoms with van der Waals surface area (Å²) in [5.41, 5.74) is 0. The van der Waals surface area contributed by atoms with Crippen molar-refractivity contribution in [3.05, 3.63) is 0 Å². The molecule has 0 aliphatic rings. The van der Waals surface area contributed by atoms with Crippen molar-refractivity contribution in [1.82, 2.24) is 0 Å².